The Bertz CT molecular complexity index is 3580. The summed E-state index contributed by atoms with van der Waals surface area (Å²) in [7, 11) is -24.2. The number of aromatic hydroxyl groups is 1. The average molecular weight is 1040 g/mol. The van der Waals surface area contributed by atoms with Gasteiger partial charge in [-0.1, -0.05) is 19.4 Å². The third-order valence-corrected chi connectivity index (χ3v) is 14.8. The number of benzene rings is 5. The minimum Gasteiger partial charge on any atom is -0.505 e. The summed E-state index contributed by atoms with van der Waals surface area (Å²) in [5.41, 5.74) is -2.12. The molecule has 0 amide bonds. The largest absolute Gasteiger partial charge is 0.505 e. The lowest BCUT2D eigenvalue weighted by molar-refractivity contribution is 0.471. The molecule has 0 unspecified atom stereocenters. The number of azo groups is 2. The van der Waals surface area contributed by atoms with Crippen LogP contribution in [0.15, 0.2) is 130 Å². The highest BCUT2D eigenvalue weighted by Crippen LogP contribution is 2.45. The van der Waals surface area contributed by atoms with E-state index in [2.05, 4.69) is 40.7 Å². The maximum Gasteiger partial charge on any atom is 0.297 e. The van der Waals surface area contributed by atoms with Gasteiger partial charge in [0.15, 0.2) is 15.6 Å². The van der Waals surface area contributed by atoms with Crippen molar-refractivity contribution in [1.82, 2.24) is 15.0 Å². The summed E-state index contributed by atoms with van der Waals surface area (Å²) in [4.78, 5) is 10.1. The first-order valence-corrected chi connectivity index (χ1v) is 26.6. The van der Waals surface area contributed by atoms with Crippen LogP contribution in [0, 0.1) is 0 Å². The number of rotatable bonds is 17. The number of hydrogen-bond donors (Lipinski definition) is 6. The topological polar surface area (TPSA) is 375 Å². The van der Waals surface area contributed by atoms with Crippen LogP contribution in [0.3, 0.4) is 0 Å². The van der Waals surface area contributed by atoms with Crippen LogP contribution < -0.4 is 10.2 Å². The second-order valence-corrected chi connectivity index (χ2v) is 21.8. The number of phenolic OH excluding ortho intramolecular Hbond substituents is 1. The molecule has 6 aromatic rings. The zero-order valence-corrected chi connectivity index (χ0v) is 39.1. The standard InChI is InChI=1S/C37H34ClN9O15S5/c1-3-5-17-63(49,50)25-8-6-7-23(19-25)47(4-2)37-41-35(38)40-36(42-37)39-29-16-14-26-27(34(29)67(60,61)62)20-31(66(57,58)59)32(33(26)48)46-45-28-15-11-22(18-30(28)65(54,55)56)44-43-21-9-12-24(13-10-21)64(51,52)53/h6-16,18-20,48H,3-5,17H2,1-2H3,(H,51,52,53)(H,54,55,56)(H,57,58,59)(H,60,61,62)(H,39,40,41,42). The number of nitrogens with one attached hydrogen (secondary N) is 1. The minimum atomic E-state index is -5.49. The number of hydrogen-bond acceptors (Lipinski definition) is 20. The van der Waals surface area contributed by atoms with E-state index in [0.717, 1.165) is 54.6 Å². The molecule has 5 aromatic carbocycles. The lowest BCUT2D eigenvalue weighted by Gasteiger charge is -2.22. The second-order valence-electron chi connectivity index (χ2n) is 13.8. The lowest BCUT2D eigenvalue weighted by Crippen LogP contribution is -2.20. The Morgan fingerprint density at radius 1 is 0.642 bits per heavy atom. The highest BCUT2D eigenvalue weighted by molar-refractivity contribution is 7.91. The quantitative estimate of drug-likeness (QED) is 0.0376. The fourth-order valence-electron chi connectivity index (χ4n) is 6.19. The van der Waals surface area contributed by atoms with Gasteiger partial charge in [0.2, 0.25) is 17.2 Å². The molecule has 0 fully saturated rings. The van der Waals surface area contributed by atoms with E-state index in [4.69, 9.17) is 16.2 Å². The molecule has 67 heavy (non-hydrogen) atoms. The summed E-state index contributed by atoms with van der Waals surface area (Å²) >= 11 is 6.25. The van der Waals surface area contributed by atoms with Gasteiger partial charge in [-0.25, -0.2) is 8.42 Å². The highest BCUT2D eigenvalue weighted by Gasteiger charge is 2.29. The number of unbranched alkanes of at least 4 members (excludes halogenated alkanes) is 1. The SMILES string of the molecule is CCCCS(=O)(=O)c1cccc(N(CC)c2nc(Cl)nc(Nc3ccc4c(O)c(N=Nc5ccc(N=Nc6ccc(S(=O)(=O)O)cc6)cc5S(=O)(=O)O)c(S(=O)(=O)O)cc4c3S(=O)(=O)O)n2)c1. The maximum atomic E-state index is 13.0. The summed E-state index contributed by atoms with van der Waals surface area (Å²) in [5, 5.41) is 27.2. The van der Waals surface area contributed by atoms with Gasteiger partial charge in [0, 0.05) is 23.0 Å². The molecule has 0 atom stereocenters. The molecule has 6 N–H and O–H groups in total. The Morgan fingerprint density at radius 2 is 1.30 bits per heavy atom. The number of fused-ring (bicyclic) bond motifs is 1. The highest BCUT2D eigenvalue weighted by atomic mass is 35.5. The average Bonchev–Trinajstić information content (AvgIpc) is 3.23. The van der Waals surface area contributed by atoms with Crippen LogP contribution in [-0.4, -0.2) is 92.7 Å². The fourth-order valence-corrected chi connectivity index (χ4v) is 10.5. The lowest BCUT2D eigenvalue weighted by atomic mass is 10.1. The first kappa shape index (κ1) is 50.3. The molecule has 0 saturated heterocycles. The summed E-state index contributed by atoms with van der Waals surface area (Å²) in [6.45, 7) is 3.69. The van der Waals surface area contributed by atoms with E-state index in [9.17, 15) is 60.9 Å². The van der Waals surface area contributed by atoms with Gasteiger partial charge in [-0.2, -0.15) is 58.9 Å². The number of anilines is 4. The molecule has 24 nitrogen and oxygen atoms in total. The van der Waals surface area contributed by atoms with Crippen molar-refractivity contribution in [2.45, 2.75) is 51.2 Å². The smallest absolute Gasteiger partial charge is 0.297 e. The summed E-state index contributed by atoms with van der Waals surface area (Å²) < 4.78 is 165. The van der Waals surface area contributed by atoms with Gasteiger partial charge in [0.05, 0.1) is 32.6 Å². The molecule has 6 rings (SSSR count). The van der Waals surface area contributed by atoms with E-state index < -0.39 is 115 Å². The number of halogens is 1. The van der Waals surface area contributed by atoms with Gasteiger partial charge in [0.25, 0.3) is 40.5 Å². The van der Waals surface area contributed by atoms with Crippen LogP contribution in [-0.2, 0) is 50.3 Å². The Morgan fingerprint density at radius 3 is 1.91 bits per heavy atom. The Labute approximate surface area is 387 Å². The summed E-state index contributed by atoms with van der Waals surface area (Å²) in [6.07, 6.45) is 1.08. The molecule has 1 heterocycles. The zero-order valence-electron chi connectivity index (χ0n) is 34.2. The fraction of sp³-hybridized carbons (Fsp3) is 0.162. The molecule has 0 aliphatic rings. The molecule has 0 aliphatic heterocycles. The van der Waals surface area contributed by atoms with Crippen molar-refractivity contribution in [2.24, 2.45) is 20.5 Å². The van der Waals surface area contributed by atoms with Gasteiger partial charge in [-0.15, -0.1) is 10.2 Å². The van der Waals surface area contributed by atoms with E-state index in [1.165, 1.54) is 23.1 Å². The molecule has 354 valence electrons. The number of phenols is 1. The van der Waals surface area contributed by atoms with Crippen molar-refractivity contribution < 1.29 is 65.4 Å². The van der Waals surface area contributed by atoms with Crippen LogP contribution >= 0.6 is 11.6 Å². The van der Waals surface area contributed by atoms with E-state index in [-0.39, 0.29) is 34.5 Å². The molecule has 1 aromatic heterocycles. The third kappa shape index (κ3) is 11.7. The van der Waals surface area contributed by atoms with Crippen LogP contribution in [0.4, 0.5) is 46.0 Å². The van der Waals surface area contributed by atoms with Gasteiger partial charge >= 0.3 is 0 Å². The molecule has 0 aliphatic carbocycles. The van der Waals surface area contributed by atoms with E-state index in [1.807, 2.05) is 6.92 Å². The normalized spacial score (nSPS) is 12.9. The first-order chi connectivity index (χ1) is 31.2. The van der Waals surface area contributed by atoms with E-state index in [1.54, 1.807) is 13.0 Å². The van der Waals surface area contributed by atoms with Crippen molar-refractivity contribution >= 4 is 119 Å². The van der Waals surface area contributed by atoms with E-state index in [0.29, 0.717) is 24.6 Å². The Balaban J connectivity index is 1.41. The van der Waals surface area contributed by atoms with Gasteiger partial charge < -0.3 is 15.3 Å². The zero-order chi connectivity index (χ0) is 49.3. The minimum absolute atomic E-state index is 0.0344. The van der Waals surface area contributed by atoms with Gasteiger partial charge in [0.1, 0.15) is 26.1 Å². The van der Waals surface area contributed by atoms with Crippen molar-refractivity contribution in [3.63, 3.8) is 0 Å². The monoisotopic (exact) mass is 1040 g/mol. The van der Waals surface area contributed by atoms with Crippen LogP contribution in [0.25, 0.3) is 10.8 Å². The predicted octanol–water partition coefficient (Wildman–Crippen LogP) is 7.68. The van der Waals surface area contributed by atoms with Crippen molar-refractivity contribution in [1.29, 1.82) is 0 Å². The van der Waals surface area contributed by atoms with Gasteiger partial charge in [-0.3, -0.25) is 18.2 Å². The van der Waals surface area contributed by atoms with Crippen LogP contribution in [0.2, 0.25) is 5.28 Å². The van der Waals surface area contributed by atoms with Crippen LogP contribution in [0.1, 0.15) is 26.7 Å². The molecular formula is C37H34ClN9O15S5. The summed E-state index contributed by atoms with van der Waals surface area (Å²) in [6, 6.07) is 15.6. The molecule has 0 bridgehead atoms. The second kappa shape index (κ2) is 19.2. The van der Waals surface area contributed by atoms with Gasteiger partial charge in [-0.05, 0) is 104 Å². The molecule has 0 saturated carbocycles. The Kier molecular flexibility index (Phi) is 14.4. The number of aromatic nitrogens is 3. The molecule has 0 spiro atoms. The van der Waals surface area contributed by atoms with Crippen molar-refractivity contribution in [2.75, 3.05) is 22.5 Å². The number of sulfone groups is 1. The van der Waals surface area contributed by atoms with E-state index >= 15 is 0 Å². The molecule has 0 radical (unpaired) electrons. The maximum absolute atomic E-state index is 13.0. The Hall–Kier alpha value is -6.15. The number of nitrogens with zero attached hydrogens (tertiary/aromatic N) is 8. The van der Waals surface area contributed by atoms with Crippen molar-refractivity contribution in [3.05, 3.63) is 90.2 Å². The first-order valence-electron chi connectivity index (χ1n) is 18.8. The van der Waals surface area contributed by atoms with Crippen molar-refractivity contribution in [3.8, 4) is 5.75 Å². The predicted molar refractivity (Wildman–Crippen MR) is 240 cm³/mol. The molecular weight excluding hydrogens is 1010 g/mol. The molecule has 30 heteroatoms. The third-order valence-electron chi connectivity index (χ3n) is 9.27. The summed E-state index contributed by atoms with van der Waals surface area (Å²) in [5.74, 6) is -1.83. The van der Waals surface area contributed by atoms with Crippen LogP contribution in [0.5, 0.6) is 5.75 Å².